The van der Waals surface area contributed by atoms with E-state index < -0.39 is 0 Å². The first-order valence-corrected chi connectivity index (χ1v) is 6.54. The monoisotopic (exact) mass is 242 g/mol. The largest absolute Gasteiger partial charge is 0.446 e. The smallest absolute Gasteiger partial charge is 0.410 e. The van der Waals surface area contributed by atoms with E-state index in [1.807, 2.05) is 0 Å². The molecule has 1 saturated carbocycles. The Morgan fingerprint density at radius 2 is 2.00 bits per heavy atom. The summed E-state index contributed by atoms with van der Waals surface area (Å²) in [6.07, 6.45) is 4.20. The summed E-state index contributed by atoms with van der Waals surface area (Å²) in [7, 11) is 0. The second-order valence-electron chi connectivity index (χ2n) is 4.80. The van der Waals surface area contributed by atoms with Crippen LogP contribution in [0.15, 0.2) is 0 Å². The Bertz CT molecular complexity index is 254. The van der Waals surface area contributed by atoms with Crippen LogP contribution >= 0.6 is 0 Å². The maximum Gasteiger partial charge on any atom is 0.410 e. The number of rotatable bonds is 2. The third kappa shape index (κ3) is 3.33. The Labute approximate surface area is 102 Å². The number of nitrogens with zero attached hydrogens (tertiary/aromatic N) is 1. The zero-order valence-corrected chi connectivity index (χ0v) is 10.3. The van der Waals surface area contributed by atoms with Crippen molar-refractivity contribution in [3.8, 4) is 0 Å². The predicted molar refractivity (Wildman–Crippen MR) is 63.7 cm³/mol. The number of carbonyl (C=O) groups is 1. The highest BCUT2D eigenvalue weighted by Crippen LogP contribution is 2.26. The summed E-state index contributed by atoms with van der Waals surface area (Å²) in [5, 5.41) is 0. The van der Waals surface area contributed by atoms with Crippen molar-refractivity contribution in [2.24, 2.45) is 11.7 Å². The molecule has 1 amide bonds. The minimum atomic E-state index is -0.196. The fourth-order valence-corrected chi connectivity index (χ4v) is 2.55. The number of nitrogens with two attached hydrogens (primary N) is 1. The zero-order valence-electron chi connectivity index (χ0n) is 10.3. The molecule has 5 nitrogen and oxygen atoms in total. The van der Waals surface area contributed by atoms with Crippen LogP contribution in [0.2, 0.25) is 0 Å². The molecule has 0 aromatic heterocycles. The van der Waals surface area contributed by atoms with Crippen LogP contribution in [0.4, 0.5) is 4.79 Å². The van der Waals surface area contributed by atoms with Gasteiger partial charge in [-0.1, -0.05) is 6.42 Å². The first-order chi connectivity index (χ1) is 8.31. The van der Waals surface area contributed by atoms with E-state index in [4.69, 9.17) is 15.2 Å². The minimum absolute atomic E-state index is 0.0177. The van der Waals surface area contributed by atoms with Gasteiger partial charge in [-0.15, -0.1) is 0 Å². The van der Waals surface area contributed by atoms with Crippen LogP contribution in [0, 0.1) is 5.92 Å². The first-order valence-electron chi connectivity index (χ1n) is 6.54. The summed E-state index contributed by atoms with van der Waals surface area (Å²) in [6.45, 7) is 3.11. The lowest BCUT2D eigenvalue weighted by Gasteiger charge is -2.33. The van der Waals surface area contributed by atoms with Gasteiger partial charge >= 0.3 is 6.09 Å². The van der Waals surface area contributed by atoms with Crippen LogP contribution in [0.1, 0.15) is 25.7 Å². The summed E-state index contributed by atoms with van der Waals surface area (Å²) in [6, 6.07) is 0. The second-order valence-corrected chi connectivity index (χ2v) is 4.80. The molecule has 0 radical (unpaired) electrons. The van der Waals surface area contributed by atoms with E-state index in [1.54, 1.807) is 4.90 Å². The molecule has 2 atom stereocenters. The normalized spacial score (nSPS) is 30.1. The minimum Gasteiger partial charge on any atom is -0.446 e. The summed E-state index contributed by atoms with van der Waals surface area (Å²) in [4.78, 5) is 13.7. The van der Waals surface area contributed by atoms with Gasteiger partial charge in [0.05, 0.1) is 13.2 Å². The molecule has 2 rings (SSSR count). The van der Waals surface area contributed by atoms with Gasteiger partial charge in [-0.3, -0.25) is 0 Å². The van der Waals surface area contributed by atoms with Crippen molar-refractivity contribution in [2.75, 3.05) is 32.8 Å². The van der Waals surface area contributed by atoms with Crippen LogP contribution in [0.25, 0.3) is 0 Å². The molecule has 2 fully saturated rings. The molecular formula is C12H22N2O3. The number of ether oxygens (including phenoxy) is 2. The molecule has 2 N–H and O–H groups in total. The SMILES string of the molecule is NCC1CCCCC1OC(=O)N1CCOCC1. The quantitative estimate of drug-likeness (QED) is 0.783. The van der Waals surface area contributed by atoms with E-state index in [2.05, 4.69) is 0 Å². The standard InChI is InChI=1S/C12H22N2O3/c13-9-10-3-1-2-4-11(10)17-12(15)14-5-7-16-8-6-14/h10-11H,1-9,13H2. The Hall–Kier alpha value is -0.810. The van der Waals surface area contributed by atoms with E-state index >= 15 is 0 Å². The molecule has 17 heavy (non-hydrogen) atoms. The second kappa shape index (κ2) is 6.21. The van der Waals surface area contributed by atoms with Crippen molar-refractivity contribution >= 4 is 6.09 Å². The van der Waals surface area contributed by atoms with Gasteiger partial charge in [0.15, 0.2) is 0 Å². The lowest BCUT2D eigenvalue weighted by atomic mass is 9.86. The van der Waals surface area contributed by atoms with Crippen LogP contribution in [-0.4, -0.2) is 49.9 Å². The number of carbonyl (C=O) groups excluding carboxylic acids is 1. The maximum absolute atomic E-state index is 11.9. The lowest BCUT2D eigenvalue weighted by molar-refractivity contribution is -0.00905. The predicted octanol–water partition coefficient (Wildman–Crippen LogP) is 0.973. The van der Waals surface area contributed by atoms with Gasteiger partial charge in [-0.25, -0.2) is 4.79 Å². The molecule has 2 unspecified atom stereocenters. The molecule has 0 aromatic carbocycles. The molecule has 1 aliphatic carbocycles. The molecular weight excluding hydrogens is 220 g/mol. The van der Waals surface area contributed by atoms with Gasteiger partial charge in [-0.2, -0.15) is 0 Å². The topological polar surface area (TPSA) is 64.8 Å². The number of amides is 1. The van der Waals surface area contributed by atoms with Gasteiger partial charge < -0.3 is 20.1 Å². The van der Waals surface area contributed by atoms with Gasteiger partial charge in [0, 0.05) is 19.0 Å². The highest BCUT2D eigenvalue weighted by Gasteiger charge is 2.29. The summed E-state index contributed by atoms with van der Waals surface area (Å²) in [5.74, 6) is 0.341. The van der Waals surface area contributed by atoms with Crippen molar-refractivity contribution in [1.82, 2.24) is 4.90 Å². The van der Waals surface area contributed by atoms with Crippen molar-refractivity contribution in [3.05, 3.63) is 0 Å². The number of hydrogen-bond acceptors (Lipinski definition) is 4. The molecule has 0 spiro atoms. The molecule has 0 bridgehead atoms. The Morgan fingerprint density at radius 3 is 2.71 bits per heavy atom. The van der Waals surface area contributed by atoms with Crippen LogP contribution < -0.4 is 5.73 Å². The Balaban J connectivity index is 1.83. The van der Waals surface area contributed by atoms with Crippen LogP contribution in [-0.2, 0) is 9.47 Å². The molecule has 5 heteroatoms. The fraction of sp³-hybridized carbons (Fsp3) is 0.917. The van der Waals surface area contributed by atoms with Gasteiger partial charge in [-0.05, 0) is 25.8 Å². The molecule has 1 saturated heterocycles. The first kappa shape index (κ1) is 12.6. The number of morpholine rings is 1. The van der Waals surface area contributed by atoms with E-state index in [1.165, 1.54) is 6.42 Å². The Kier molecular flexibility index (Phi) is 4.62. The van der Waals surface area contributed by atoms with E-state index in [-0.39, 0.29) is 12.2 Å². The van der Waals surface area contributed by atoms with Crippen molar-refractivity contribution in [3.63, 3.8) is 0 Å². The summed E-state index contributed by atoms with van der Waals surface area (Å²) < 4.78 is 10.8. The lowest BCUT2D eigenvalue weighted by Crippen LogP contribution is -2.44. The van der Waals surface area contributed by atoms with Crippen molar-refractivity contribution < 1.29 is 14.3 Å². The average molecular weight is 242 g/mol. The van der Waals surface area contributed by atoms with Gasteiger partial charge in [0.2, 0.25) is 0 Å². The van der Waals surface area contributed by atoms with Gasteiger partial charge in [0.25, 0.3) is 0 Å². The van der Waals surface area contributed by atoms with Crippen LogP contribution in [0.3, 0.4) is 0 Å². The van der Waals surface area contributed by atoms with E-state index in [0.717, 1.165) is 19.3 Å². The molecule has 1 aliphatic heterocycles. The van der Waals surface area contributed by atoms with Crippen molar-refractivity contribution in [2.45, 2.75) is 31.8 Å². The summed E-state index contributed by atoms with van der Waals surface area (Å²) >= 11 is 0. The molecule has 1 heterocycles. The zero-order chi connectivity index (χ0) is 12.1. The highest BCUT2D eigenvalue weighted by atomic mass is 16.6. The molecule has 0 aromatic rings. The molecule has 98 valence electrons. The van der Waals surface area contributed by atoms with E-state index in [0.29, 0.717) is 38.8 Å². The molecule has 2 aliphatic rings. The van der Waals surface area contributed by atoms with E-state index in [9.17, 15) is 4.79 Å². The third-order valence-corrected chi connectivity index (χ3v) is 3.66. The van der Waals surface area contributed by atoms with Crippen LogP contribution in [0.5, 0.6) is 0 Å². The summed E-state index contributed by atoms with van der Waals surface area (Å²) in [5.41, 5.74) is 5.72. The average Bonchev–Trinajstić information content (AvgIpc) is 2.40. The fourth-order valence-electron chi connectivity index (χ4n) is 2.55. The highest BCUT2D eigenvalue weighted by molar-refractivity contribution is 5.68. The maximum atomic E-state index is 11.9. The Morgan fingerprint density at radius 1 is 1.29 bits per heavy atom. The third-order valence-electron chi connectivity index (χ3n) is 3.66. The van der Waals surface area contributed by atoms with Gasteiger partial charge in [0.1, 0.15) is 6.10 Å². The number of hydrogen-bond donors (Lipinski definition) is 1. The van der Waals surface area contributed by atoms with Crippen molar-refractivity contribution in [1.29, 1.82) is 0 Å².